The van der Waals surface area contributed by atoms with Gasteiger partial charge in [-0.15, -0.1) is 0 Å². The van der Waals surface area contributed by atoms with Crippen LogP contribution in [0.1, 0.15) is 18.1 Å². The highest BCUT2D eigenvalue weighted by Crippen LogP contribution is 2.42. The molecule has 0 fully saturated rings. The lowest BCUT2D eigenvalue weighted by Crippen LogP contribution is -2.07. The van der Waals surface area contributed by atoms with Crippen LogP contribution in [-0.4, -0.2) is 39.6 Å². The number of nitriles is 1. The zero-order valence-corrected chi connectivity index (χ0v) is 11.9. The van der Waals surface area contributed by atoms with Gasteiger partial charge in [-0.3, -0.25) is 0 Å². The molecule has 0 spiro atoms. The summed E-state index contributed by atoms with van der Waals surface area (Å²) in [6.45, 7) is 0.299. The monoisotopic (exact) mass is 281 g/mol. The van der Waals surface area contributed by atoms with Crippen LogP contribution in [0.25, 0.3) is 0 Å². The van der Waals surface area contributed by atoms with Crippen LogP contribution in [0.5, 0.6) is 17.2 Å². The maximum Gasteiger partial charge on any atom is 0.203 e. The second kappa shape index (κ2) is 8.25. The number of ether oxygens (including phenoxy) is 4. The van der Waals surface area contributed by atoms with Gasteiger partial charge in [0.1, 0.15) is 0 Å². The Hall–Kier alpha value is -1.97. The first kappa shape index (κ1) is 16.1. The van der Waals surface area contributed by atoms with Crippen LogP contribution < -0.4 is 14.2 Å². The van der Waals surface area contributed by atoms with Gasteiger partial charge in [0.25, 0.3) is 0 Å². The molecule has 1 unspecified atom stereocenters. The van der Waals surface area contributed by atoms with E-state index in [0.29, 0.717) is 29.2 Å². The molecule has 110 valence electrons. The van der Waals surface area contributed by atoms with Gasteiger partial charge < -0.3 is 24.1 Å². The Balaban J connectivity index is 3.12. The quantitative estimate of drug-likeness (QED) is 0.730. The van der Waals surface area contributed by atoms with Crippen molar-refractivity contribution in [2.24, 2.45) is 0 Å². The molecule has 1 aromatic rings. The van der Waals surface area contributed by atoms with Crippen molar-refractivity contribution in [2.75, 3.05) is 34.5 Å². The first-order valence-electron chi connectivity index (χ1n) is 6.14. The van der Waals surface area contributed by atoms with E-state index in [-0.39, 0.29) is 13.2 Å². The van der Waals surface area contributed by atoms with Crippen molar-refractivity contribution < 1.29 is 24.1 Å². The Morgan fingerprint density at radius 1 is 1.15 bits per heavy atom. The number of rotatable bonds is 8. The maximum absolute atomic E-state index is 9.22. The van der Waals surface area contributed by atoms with Crippen molar-refractivity contribution in [3.8, 4) is 23.3 Å². The molecule has 0 aliphatic rings. The van der Waals surface area contributed by atoms with E-state index >= 15 is 0 Å². The van der Waals surface area contributed by atoms with Crippen molar-refractivity contribution in [1.29, 1.82) is 5.26 Å². The van der Waals surface area contributed by atoms with Crippen LogP contribution in [0.4, 0.5) is 0 Å². The number of aliphatic hydroxyl groups excluding tert-OH is 1. The Labute approximate surface area is 118 Å². The Kier molecular flexibility index (Phi) is 6.64. The first-order valence-corrected chi connectivity index (χ1v) is 6.14. The van der Waals surface area contributed by atoms with Crippen LogP contribution in [0.3, 0.4) is 0 Å². The highest BCUT2D eigenvalue weighted by molar-refractivity contribution is 5.57. The highest BCUT2D eigenvalue weighted by Gasteiger charge is 2.22. The van der Waals surface area contributed by atoms with Gasteiger partial charge in [-0.05, 0) is 18.6 Å². The number of hydrogen-bond donors (Lipinski definition) is 1. The molecule has 20 heavy (non-hydrogen) atoms. The molecule has 6 heteroatoms. The molecule has 0 heterocycles. The molecule has 1 atom stereocenters. The molecular weight excluding hydrogens is 262 g/mol. The molecular formula is C14H19NO5. The minimum Gasteiger partial charge on any atom is -0.493 e. The molecule has 6 nitrogen and oxygen atoms in total. The maximum atomic E-state index is 9.22. The van der Waals surface area contributed by atoms with Crippen molar-refractivity contribution in [3.05, 3.63) is 17.7 Å². The topological polar surface area (TPSA) is 80.9 Å². The fourth-order valence-electron chi connectivity index (χ4n) is 1.79. The van der Waals surface area contributed by atoms with Gasteiger partial charge >= 0.3 is 0 Å². The zero-order valence-electron chi connectivity index (χ0n) is 11.9. The molecule has 1 rings (SSSR count). The summed E-state index contributed by atoms with van der Waals surface area (Å²) in [5.74, 6) is 1.33. The lowest BCUT2D eigenvalue weighted by Gasteiger charge is -2.18. The molecule has 0 saturated heterocycles. The number of nitrogens with zero attached hydrogens (tertiary/aromatic N) is 1. The molecule has 0 aromatic heterocycles. The normalized spacial score (nSPS) is 11.6. The summed E-state index contributed by atoms with van der Waals surface area (Å²) >= 11 is 0. The number of aliphatic hydroxyl groups is 1. The molecule has 1 aromatic carbocycles. The Bertz CT molecular complexity index is 469. The zero-order chi connectivity index (χ0) is 15.0. The van der Waals surface area contributed by atoms with Gasteiger partial charge in [-0.2, -0.15) is 5.26 Å². The van der Waals surface area contributed by atoms with Crippen LogP contribution in [-0.2, 0) is 4.74 Å². The second-order valence-electron chi connectivity index (χ2n) is 3.88. The number of methoxy groups -OCH3 is 3. The summed E-state index contributed by atoms with van der Waals surface area (Å²) in [6.07, 6.45) is -0.329. The molecule has 0 aliphatic carbocycles. The van der Waals surface area contributed by atoms with Crippen molar-refractivity contribution in [1.82, 2.24) is 0 Å². The highest BCUT2D eigenvalue weighted by atomic mass is 16.5. The molecule has 1 N–H and O–H groups in total. The summed E-state index contributed by atoms with van der Waals surface area (Å²) in [5, 5.41) is 18.0. The average molecular weight is 281 g/mol. The molecule has 0 amide bonds. The summed E-state index contributed by atoms with van der Waals surface area (Å²) in [5.41, 5.74) is 0.561. The van der Waals surface area contributed by atoms with E-state index in [1.165, 1.54) is 21.3 Å². The van der Waals surface area contributed by atoms with Gasteiger partial charge in [0, 0.05) is 12.2 Å². The number of benzene rings is 1. The van der Waals surface area contributed by atoms with Crippen molar-refractivity contribution >= 4 is 0 Å². The van der Waals surface area contributed by atoms with Gasteiger partial charge in [-0.25, -0.2) is 0 Å². The summed E-state index contributed by atoms with van der Waals surface area (Å²) in [4.78, 5) is 0. The molecule has 0 aliphatic heterocycles. The van der Waals surface area contributed by atoms with Gasteiger partial charge in [0.2, 0.25) is 5.75 Å². The van der Waals surface area contributed by atoms with E-state index in [1.807, 2.05) is 0 Å². The second-order valence-corrected chi connectivity index (χ2v) is 3.88. The molecule has 0 bridgehead atoms. The van der Waals surface area contributed by atoms with Crippen molar-refractivity contribution in [2.45, 2.75) is 12.5 Å². The van der Waals surface area contributed by atoms with Gasteiger partial charge in [-0.1, -0.05) is 0 Å². The molecule has 0 saturated carbocycles. The minimum absolute atomic E-state index is 0.0151. The molecule has 0 radical (unpaired) electrons. The Morgan fingerprint density at radius 2 is 1.85 bits per heavy atom. The lowest BCUT2D eigenvalue weighted by atomic mass is 10.1. The predicted molar refractivity (Wildman–Crippen MR) is 72.1 cm³/mol. The van der Waals surface area contributed by atoms with Gasteiger partial charge in [0.05, 0.1) is 34.0 Å². The minimum atomic E-state index is -0.795. The van der Waals surface area contributed by atoms with E-state index in [4.69, 9.17) is 24.1 Å². The van der Waals surface area contributed by atoms with Gasteiger partial charge in [0.15, 0.2) is 17.6 Å². The van der Waals surface area contributed by atoms with Crippen LogP contribution in [0, 0.1) is 11.3 Å². The third-order valence-corrected chi connectivity index (χ3v) is 2.72. The lowest BCUT2D eigenvalue weighted by molar-refractivity contribution is 0.0755. The fourth-order valence-corrected chi connectivity index (χ4v) is 1.79. The SMILES string of the molecule is COc1ccc(C(C#N)OCCCO)c(OC)c1OC. The van der Waals surface area contributed by atoms with E-state index < -0.39 is 6.10 Å². The summed E-state index contributed by atoms with van der Waals surface area (Å²) < 4.78 is 21.2. The van der Waals surface area contributed by atoms with Crippen LogP contribution in [0.15, 0.2) is 12.1 Å². The first-order chi connectivity index (χ1) is 9.73. The largest absolute Gasteiger partial charge is 0.493 e. The summed E-state index contributed by atoms with van der Waals surface area (Å²) in [7, 11) is 4.51. The third-order valence-electron chi connectivity index (χ3n) is 2.72. The standard InChI is InChI=1S/C14H19NO5/c1-17-11-6-5-10(13(18-2)14(11)19-3)12(9-15)20-8-4-7-16/h5-6,12,16H,4,7-8H2,1-3H3. The Morgan fingerprint density at radius 3 is 2.35 bits per heavy atom. The van der Waals surface area contributed by atoms with Crippen LogP contribution >= 0.6 is 0 Å². The smallest absolute Gasteiger partial charge is 0.203 e. The average Bonchev–Trinajstić information content (AvgIpc) is 2.50. The van der Waals surface area contributed by atoms with E-state index in [9.17, 15) is 5.26 Å². The van der Waals surface area contributed by atoms with Crippen molar-refractivity contribution in [3.63, 3.8) is 0 Å². The van der Waals surface area contributed by atoms with E-state index in [0.717, 1.165) is 0 Å². The predicted octanol–water partition coefficient (Wildman–Crippen LogP) is 1.68. The summed E-state index contributed by atoms with van der Waals surface area (Å²) in [6, 6.07) is 5.45. The van der Waals surface area contributed by atoms with E-state index in [2.05, 4.69) is 6.07 Å². The van der Waals surface area contributed by atoms with E-state index in [1.54, 1.807) is 12.1 Å². The van der Waals surface area contributed by atoms with Crippen LogP contribution in [0.2, 0.25) is 0 Å². The third kappa shape index (κ3) is 3.53. The fraction of sp³-hybridized carbons (Fsp3) is 0.500. The number of hydrogen-bond acceptors (Lipinski definition) is 6.